The lowest BCUT2D eigenvalue weighted by molar-refractivity contribution is 0.0449. The van der Waals surface area contributed by atoms with E-state index < -0.39 is 0 Å². The van der Waals surface area contributed by atoms with E-state index in [1.54, 1.807) is 6.07 Å². The van der Waals surface area contributed by atoms with Crippen LogP contribution in [0.4, 0.5) is 0 Å². The van der Waals surface area contributed by atoms with Crippen LogP contribution in [0, 0.1) is 11.3 Å². The molecule has 0 saturated heterocycles. The number of aromatic hydroxyl groups is 1. The number of aromatic nitrogens is 1. The highest BCUT2D eigenvalue weighted by molar-refractivity contribution is 6.00. The van der Waals surface area contributed by atoms with E-state index in [4.69, 9.17) is 5.73 Å². The minimum Gasteiger partial charge on any atom is -0.507 e. The number of rotatable bonds is 0. The highest BCUT2D eigenvalue weighted by Gasteiger charge is 2.54. The Balaban J connectivity index is 1.92. The quantitative estimate of drug-likeness (QED) is 0.785. The largest absolute Gasteiger partial charge is 0.507 e. The van der Waals surface area contributed by atoms with E-state index in [9.17, 15) is 9.90 Å². The van der Waals surface area contributed by atoms with Crippen LogP contribution in [0.3, 0.4) is 0 Å². The summed E-state index contributed by atoms with van der Waals surface area (Å²) < 4.78 is 1.90. The van der Waals surface area contributed by atoms with E-state index in [0.29, 0.717) is 18.3 Å². The number of benzene rings is 1. The predicted molar refractivity (Wildman–Crippen MR) is 88.7 cm³/mol. The third kappa shape index (κ3) is 1.52. The van der Waals surface area contributed by atoms with Gasteiger partial charge in [-0.25, -0.2) is 0 Å². The van der Waals surface area contributed by atoms with Crippen molar-refractivity contribution in [1.82, 2.24) is 4.57 Å². The first-order chi connectivity index (χ1) is 11.0. The molecule has 1 saturated carbocycles. The Labute approximate surface area is 135 Å². The van der Waals surface area contributed by atoms with E-state index in [-0.39, 0.29) is 23.1 Å². The summed E-state index contributed by atoms with van der Waals surface area (Å²) in [5.41, 5.74) is 9.72. The molecule has 2 heterocycles. The average molecular weight is 310 g/mol. The number of carbonyl (C=O) groups is 1. The van der Waals surface area contributed by atoms with Gasteiger partial charge in [-0.05, 0) is 48.3 Å². The van der Waals surface area contributed by atoms with Gasteiger partial charge in [0.25, 0.3) is 0 Å². The molecule has 2 aromatic rings. The van der Waals surface area contributed by atoms with Gasteiger partial charge < -0.3 is 10.8 Å². The monoisotopic (exact) mass is 310 g/mol. The van der Waals surface area contributed by atoms with Crippen LogP contribution in [0.2, 0.25) is 0 Å². The molecule has 1 fully saturated rings. The molecule has 4 heteroatoms. The maximum Gasteiger partial charge on any atom is 0.231 e. The van der Waals surface area contributed by atoms with Gasteiger partial charge in [0.15, 0.2) is 0 Å². The van der Waals surface area contributed by atoms with Crippen molar-refractivity contribution in [2.75, 3.05) is 0 Å². The fraction of sp³-hybridized carbons (Fsp3) is 0.526. The number of hydrogen-bond acceptors (Lipinski definition) is 3. The number of phenolic OH excluding ortho intramolecular Hbond substituents is 1. The second-order valence-electron chi connectivity index (χ2n) is 8.00. The van der Waals surface area contributed by atoms with Crippen LogP contribution in [0.1, 0.15) is 54.6 Å². The second kappa shape index (κ2) is 4.18. The minimum absolute atomic E-state index is 0.0206. The molecule has 0 unspecified atom stereocenters. The van der Waals surface area contributed by atoms with Crippen molar-refractivity contribution in [2.24, 2.45) is 17.1 Å². The van der Waals surface area contributed by atoms with Crippen LogP contribution in [0.25, 0.3) is 10.9 Å². The maximum atomic E-state index is 12.9. The molecule has 1 aromatic heterocycles. The van der Waals surface area contributed by atoms with Crippen molar-refractivity contribution in [3.63, 3.8) is 0 Å². The van der Waals surface area contributed by atoms with Gasteiger partial charge in [0, 0.05) is 29.5 Å². The summed E-state index contributed by atoms with van der Waals surface area (Å²) in [6.07, 6.45) is 4.77. The minimum atomic E-state index is 0.0206. The molecule has 0 spiro atoms. The van der Waals surface area contributed by atoms with Crippen LogP contribution >= 0.6 is 0 Å². The van der Waals surface area contributed by atoms with Crippen molar-refractivity contribution >= 4 is 16.8 Å². The SMILES string of the molecule is C[C@@]12CCC[C@H]3[C@H](N)Cc4c(n(c5cccc(O)c45)C(=O)C1)[C@H]32. The standard InChI is InChI=1S/C19H22N2O2/c1-19-7-3-4-10-12(20)8-11-16-13(5-2-6-14(16)22)21(15(23)9-19)18(11)17(10)19/h2,5-6,10,12,17,22H,3-4,7-9,20H2,1H3/t10-,12+,17-,19+/m0/s1. The van der Waals surface area contributed by atoms with E-state index in [2.05, 4.69) is 6.92 Å². The smallest absolute Gasteiger partial charge is 0.231 e. The maximum absolute atomic E-state index is 12.9. The first-order valence-electron chi connectivity index (χ1n) is 8.65. The van der Waals surface area contributed by atoms with E-state index in [0.717, 1.165) is 41.4 Å². The highest BCUT2D eigenvalue weighted by Crippen LogP contribution is 2.60. The molecule has 5 rings (SSSR count). The summed E-state index contributed by atoms with van der Waals surface area (Å²) in [6.45, 7) is 2.27. The molecule has 0 radical (unpaired) electrons. The lowest BCUT2D eigenvalue weighted by atomic mass is 9.54. The molecule has 3 N–H and O–H groups in total. The van der Waals surface area contributed by atoms with Crippen LogP contribution in [-0.4, -0.2) is 21.6 Å². The number of carbonyl (C=O) groups excluding carboxylic acids is 1. The van der Waals surface area contributed by atoms with Gasteiger partial charge in [-0.15, -0.1) is 0 Å². The Morgan fingerprint density at radius 1 is 1.39 bits per heavy atom. The molecular weight excluding hydrogens is 288 g/mol. The lowest BCUT2D eigenvalue weighted by Crippen LogP contribution is -2.52. The molecule has 4 atom stereocenters. The zero-order chi connectivity index (χ0) is 15.9. The van der Waals surface area contributed by atoms with Crippen LogP contribution in [0.5, 0.6) is 5.75 Å². The summed E-state index contributed by atoms with van der Waals surface area (Å²) in [5.74, 6) is 1.26. The Hall–Kier alpha value is -1.81. The van der Waals surface area contributed by atoms with Gasteiger partial charge >= 0.3 is 0 Å². The third-order valence-electron chi connectivity index (χ3n) is 6.67. The summed E-state index contributed by atoms with van der Waals surface area (Å²) in [7, 11) is 0. The molecule has 3 aliphatic rings. The van der Waals surface area contributed by atoms with Gasteiger partial charge in [0.05, 0.1) is 5.52 Å². The molecule has 2 aliphatic carbocycles. The number of nitrogens with two attached hydrogens (primary N) is 1. The highest BCUT2D eigenvalue weighted by atomic mass is 16.3. The molecule has 4 nitrogen and oxygen atoms in total. The fourth-order valence-corrected chi connectivity index (χ4v) is 5.80. The Morgan fingerprint density at radius 2 is 2.22 bits per heavy atom. The molecule has 1 aliphatic heterocycles. The first-order valence-corrected chi connectivity index (χ1v) is 8.65. The molecule has 120 valence electrons. The lowest BCUT2D eigenvalue weighted by Gasteiger charge is -2.53. The zero-order valence-electron chi connectivity index (χ0n) is 13.4. The molecular formula is C19H22N2O2. The zero-order valence-corrected chi connectivity index (χ0v) is 13.4. The van der Waals surface area contributed by atoms with Gasteiger partial charge in [0.2, 0.25) is 5.91 Å². The Bertz CT molecular complexity index is 853. The summed E-state index contributed by atoms with van der Waals surface area (Å²) in [4.78, 5) is 12.9. The normalized spacial score (nSPS) is 35.4. The van der Waals surface area contributed by atoms with Gasteiger partial charge in [-0.1, -0.05) is 19.4 Å². The van der Waals surface area contributed by atoms with Crippen LogP contribution in [0.15, 0.2) is 18.2 Å². The second-order valence-corrected chi connectivity index (χ2v) is 8.00. The molecule has 0 amide bonds. The molecule has 23 heavy (non-hydrogen) atoms. The van der Waals surface area contributed by atoms with Gasteiger partial charge in [0.1, 0.15) is 5.75 Å². The van der Waals surface area contributed by atoms with E-state index in [1.807, 2.05) is 16.7 Å². The summed E-state index contributed by atoms with van der Waals surface area (Å²) >= 11 is 0. The number of fused-ring (bicyclic) bond motifs is 3. The summed E-state index contributed by atoms with van der Waals surface area (Å²) in [6, 6.07) is 5.62. The molecule has 1 aromatic carbocycles. The Morgan fingerprint density at radius 3 is 3.04 bits per heavy atom. The van der Waals surface area contributed by atoms with Crippen molar-refractivity contribution < 1.29 is 9.90 Å². The number of nitrogens with zero attached hydrogens (tertiary/aromatic N) is 1. The van der Waals surface area contributed by atoms with Crippen molar-refractivity contribution in [3.8, 4) is 5.75 Å². The predicted octanol–water partition coefficient (Wildman–Crippen LogP) is 3.16. The molecule has 0 bridgehead atoms. The van der Waals surface area contributed by atoms with Crippen molar-refractivity contribution in [1.29, 1.82) is 0 Å². The van der Waals surface area contributed by atoms with Gasteiger partial charge in [-0.3, -0.25) is 9.36 Å². The Kier molecular flexibility index (Phi) is 2.47. The van der Waals surface area contributed by atoms with Crippen LogP contribution in [-0.2, 0) is 6.42 Å². The fourth-order valence-electron chi connectivity index (χ4n) is 5.80. The number of hydrogen-bond donors (Lipinski definition) is 2. The van der Waals surface area contributed by atoms with E-state index in [1.165, 1.54) is 6.42 Å². The number of phenols is 1. The van der Waals surface area contributed by atoms with E-state index >= 15 is 0 Å². The van der Waals surface area contributed by atoms with Gasteiger partial charge in [-0.2, -0.15) is 0 Å². The van der Waals surface area contributed by atoms with Crippen molar-refractivity contribution in [3.05, 3.63) is 29.5 Å². The third-order valence-corrected chi connectivity index (χ3v) is 6.67. The topological polar surface area (TPSA) is 68.2 Å². The van der Waals surface area contributed by atoms with Crippen molar-refractivity contribution in [2.45, 2.75) is 51.0 Å². The first kappa shape index (κ1) is 13.6. The van der Waals surface area contributed by atoms with Crippen LogP contribution < -0.4 is 5.73 Å². The average Bonchev–Trinajstić information content (AvgIpc) is 2.82. The summed E-state index contributed by atoms with van der Waals surface area (Å²) in [5, 5.41) is 11.3.